The second-order valence-electron chi connectivity index (χ2n) is 5.19. The summed E-state index contributed by atoms with van der Waals surface area (Å²) in [5.41, 5.74) is 7.30. The first-order chi connectivity index (χ1) is 7.81. The van der Waals surface area contributed by atoms with Crippen LogP contribution >= 0.6 is 0 Å². The van der Waals surface area contributed by atoms with Crippen molar-refractivity contribution in [2.24, 2.45) is 5.73 Å². The Bertz CT molecular complexity index is 386. The molecular weight excluding hydrogens is 215 g/mol. The summed E-state index contributed by atoms with van der Waals surface area (Å²) in [7, 11) is 1.92. The molecule has 0 heterocycles. The lowest BCUT2D eigenvalue weighted by atomic mass is 9.96. The van der Waals surface area contributed by atoms with Gasteiger partial charge >= 0.3 is 0 Å². The Morgan fingerprint density at radius 2 is 2.00 bits per heavy atom. The van der Waals surface area contributed by atoms with Crippen LogP contribution in [-0.4, -0.2) is 12.6 Å². The fraction of sp³-hybridized carbons (Fsp3) is 0.571. The van der Waals surface area contributed by atoms with E-state index in [1.807, 2.05) is 24.9 Å². The van der Waals surface area contributed by atoms with Crippen molar-refractivity contribution in [3.8, 4) is 0 Å². The fourth-order valence-electron chi connectivity index (χ4n) is 1.79. The van der Waals surface area contributed by atoms with Crippen LogP contribution in [0.4, 0.5) is 10.1 Å². The topological polar surface area (TPSA) is 29.3 Å². The monoisotopic (exact) mass is 238 g/mol. The highest BCUT2D eigenvalue weighted by atomic mass is 19.1. The van der Waals surface area contributed by atoms with E-state index in [1.54, 1.807) is 6.07 Å². The van der Waals surface area contributed by atoms with Crippen LogP contribution in [0.2, 0.25) is 0 Å². The van der Waals surface area contributed by atoms with Gasteiger partial charge in [0.1, 0.15) is 5.82 Å². The molecule has 1 unspecified atom stereocenters. The van der Waals surface area contributed by atoms with Crippen LogP contribution in [0, 0.1) is 5.82 Å². The minimum atomic E-state index is -0.205. The Morgan fingerprint density at radius 1 is 1.41 bits per heavy atom. The molecule has 0 saturated carbocycles. The Kier molecular flexibility index (Phi) is 4.15. The molecule has 0 radical (unpaired) electrons. The number of hydrogen-bond acceptors (Lipinski definition) is 2. The molecule has 0 amide bonds. The number of rotatable bonds is 4. The number of halogens is 1. The molecule has 0 aromatic heterocycles. The van der Waals surface area contributed by atoms with E-state index in [0.717, 1.165) is 12.0 Å². The van der Waals surface area contributed by atoms with Crippen LogP contribution in [0.25, 0.3) is 0 Å². The zero-order chi connectivity index (χ0) is 13.2. The van der Waals surface area contributed by atoms with Crippen molar-refractivity contribution in [2.45, 2.75) is 45.7 Å². The van der Waals surface area contributed by atoms with E-state index in [-0.39, 0.29) is 17.4 Å². The maximum Gasteiger partial charge on any atom is 0.146 e. The summed E-state index contributed by atoms with van der Waals surface area (Å²) in [5, 5.41) is 0. The number of hydrogen-bond donors (Lipinski definition) is 1. The summed E-state index contributed by atoms with van der Waals surface area (Å²) in [4.78, 5) is 1.99. The highest BCUT2D eigenvalue weighted by molar-refractivity contribution is 5.57. The smallest absolute Gasteiger partial charge is 0.146 e. The van der Waals surface area contributed by atoms with E-state index in [2.05, 4.69) is 20.8 Å². The van der Waals surface area contributed by atoms with Crippen LogP contribution < -0.4 is 10.6 Å². The van der Waals surface area contributed by atoms with Gasteiger partial charge in [-0.15, -0.1) is 0 Å². The Hall–Kier alpha value is -1.09. The molecule has 96 valence electrons. The minimum Gasteiger partial charge on any atom is -0.367 e. The van der Waals surface area contributed by atoms with Gasteiger partial charge in [-0.3, -0.25) is 0 Å². The summed E-state index contributed by atoms with van der Waals surface area (Å²) in [6.45, 7) is 8.18. The molecule has 2 nitrogen and oxygen atoms in total. The minimum absolute atomic E-state index is 0.0914. The van der Waals surface area contributed by atoms with Crippen molar-refractivity contribution in [2.75, 3.05) is 11.9 Å². The molecule has 0 bridgehead atoms. The van der Waals surface area contributed by atoms with Gasteiger partial charge in [0.05, 0.1) is 5.69 Å². The molecule has 1 atom stereocenters. The zero-order valence-corrected chi connectivity index (χ0v) is 11.4. The Balaban J connectivity index is 3.29. The molecular formula is C14H23FN2. The predicted octanol–water partition coefficient (Wildman–Crippen LogP) is 3.47. The normalized spacial score (nSPS) is 13.6. The third kappa shape index (κ3) is 2.78. The Labute approximate surface area is 104 Å². The number of para-hydroxylation sites is 1. The first-order valence-electron chi connectivity index (χ1n) is 6.09. The second kappa shape index (κ2) is 5.05. The van der Waals surface area contributed by atoms with Gasteiger partial charge in [-0.2, -0.15) is 0 Å². The maximum atomic E-state index is 14.0. The van der Waals surface area contributed by atoms with E-state index >= 15 is 0 Å². The zero-order valence-electron chi connectivity index (χ0n) is 11.4. The average molecular weight is 238 g/mol. The van der Waals surface area contributed by atoms with Crippen LogP contribution in [0.3, 0.4) is 0 Å². The highest BCUT2D eigenvalue weighted by Gasteiger charge is 2.26. The molecule has 1 aromatic carbocycles. The predicted molar refractivity (Wildman–Crippen MR) is 71.8 cm³/mol. The average Bonchev–Trinajstić information content (AvgIpc) is 2.27. The molecule has 1 rings (SSSR count). The van der Waals surface area contributed by atoms with Gasteiger partial charge in [-0.1, -0.05) is 19.1 Å². The van der Waals surface area contributed by atoms with Crippen molar-refractivity contribution in [1.29, 1.82) is 0 Å². The van der Waals surface area contributed by atoms with Crippen molar-refractivity contribution in [3.05, 3.63) is 29.6 Å². The van der Waals surface area contributed by atoms with Gasteiger partial charge < -0.3 is 10.6 Å². The molecule has 17 heavy (non-hydrogen) atoms. The van der Waals surface area contributed by atoms with E-state index in [9.17, 15) is 4.39 Å². The van der Waals surface area contributed by atoms with Gasteiger partial charge in [0.15, 0.2) is 0 Å². The number of nitrogens with two attached hydrogens (primary N) is 1. The van der Waals surface area contributed by atoms with Gasteiger partial charge in [0.2, 0.25) is 0 Å². The third-order valence-corrected chi connectivity index (χ3v) is 3.62. The second-order valence-corrected chi connectivity index (χ2v) is 5.19. The van der Waals surface area contributed by atoms with Gasteiger partial charge in [-0.05, 0) is 38.8 Å². The van der Waals surface area contributed by atoms with Crippen LogP contribution in [0.15, 0.2) is 18.2 Å². The molecule has 0 aliphatic heterocycles. The lowest BCUT2D eigenvalue weighted by molar-refractivity contribution is 0.460. The molecule has 0 saturated heterocycles. The molecule has 3 heteroatoms. The van der Waals surface area contributed by atoms with E-state index in [1.165, 1.54) is 6.07 Å². The lowest BCUT2D eigenvalue weighted by Gasteiger charge is -2.38. The van der Waals surface area contributed by atoms with Gasteiger partial charge in [0.25, 0.3) is 0 Å². The quantitative estimate of drug-likeness (QED) is 0.870. The molecule has 2 N–H and O–H groups in total. The Morgan fingerprint density at radius 3 is 2.47 bits per heavy atom. The van der Waals surface area contributed by atoms with Crippen molar-refractivity contribution in [3.63, 3.8) is 0 Å². The summed E-state index contributed by atoms with van der Waals surface area (Å²) >= 11 is 0. The summed E-state index contributed by atoms with van der Waals surface area (Å²) in [5.74, 6) is -0.205. The van der Waals surface area contributed by atoms with Crippen molar-refractivity contribution in [1.82, 2.24) is 0 Å². The number of benzene rings is 1. The number of anilines is 1. The van der Waals surface area contributed by atoms with E-state index in [0.29, 0.717) is 5.69 Å². The highest BCUT2D eigenvalue weighted by Crippen LogP contribution is 2.32. The van der Waals surface area contributed by atoms with Gasteiger partial charge in [-0.25, -0.2) is 4.39 Å². The summed E-state index contributed by atoms with van der Waals surface area (Å²) in [6.07, 6.45) is 0.941. The molecule has 1 aromatic rings. The third-order valence-electron chi connectivity index (χ3n) is 3.62. The molecule has 0 aliphatic rings. The molecule has 0 aliphatic carbocycles. The standard InChI is InChI=1S/C14H23FN2/c1-6-14(3,4)17(5)13-11(10(2)16)8-7-9-12(13)15/h7-10H,6,16H2,1-5H3. The first-order valence-corrected chi connectivity index (χ1v) is 6.09. The molecule has 0 spiro atoms. The summed E-state index contributed by atoms with van der Waals surface area (Å²) in [6, 6.07) is 4.93. The first kappa shape index (κ1) is 14.0. The summed E-state index contributed by atoms with van der Waals surface area (Å²) < 4.78 is 14.0. The molecule has 0 fully saturated rings. The van der Waals surface area contributed by atoms with Crippen LogP contribution in [0.5, 0.6) is 0 Å². The van der Waals surface area contributed by atoms with Crippen molar-refractivity contribution >= 4 is 5.69 Å². The van der Waals surface area contributed by atoms with Crippen molar-refractivity contribution < 1.29 is 4.39 Å². The lowest BCUT2D eigenvalue weighted by Crippen LogP contribution is -2.41. The largest absolute Gasteiger partial charge is 0.367 e. The van der Waals surface area contributed by atoms with Gasteiger partial charge in [0, 0.05) is 18.6 Å². The van der Waals surface area contributed by atoms with Crippen LogP contribution in [-0.2, 0) is 0 Å². The SMILES string of the molecule is CCC(C)(C)N(C)c1c(F)cccc1C(C)N. The van der Waals surface area contributed by atoms with Crippen LogP contribution in [0.1, 0.15) is 45.7 Å². The van der Waals surface area contributed by atoms with E-state index < -0.39 is 0 Å². The maximum absolute atomic E-state index is 14.0. The van der Waals surface area contributed by atoms with E-state index in [4.69, 9.17) is 5.73 Å². The number of nitrogens with zero attached hydrogens (tertiary/aromatic N) is 1. The fourth-order valence-corrected chi connectivity index (χ4v) is 1.79.